The average Bonchev–Trinajstić information content (AvgIpc) is 2.77. The second-order valence-corrected chi connectivity index (χ2v) is 5.92. The van der Waals surface area contributed by atoms with Gasteiger partial charge in [-0.25, -0.2) is 19.1 Å². The largest absolute Gasteiger partial charge is 0.462 e. The van der Waals surface area contributed by atoms with Gasteiger partial charge >= 0.3 is 12.1 Å². The van der Waals surface area contributed by atoms with Gasteiger partial charge in [0.15, 0.2) is 5.65 Å². The summed E-state index contributed by atoms with van der Waals surface area (Å²) in [5.41, 5.74) is 0.366. The maximum absolute atomic E-state index is 12.0. The molecular weight excluding hydrogens is 300 g/mol. The van der Waals surface area contributed by atoms with Gasteiger partial charge in [0, 0.05) is 6.20 Å². The van der Waals surface area contributed by atoms with Crippen LogP contribution in [0.15, 0.2) is 12.3 Å². The molecule has 0 aliphatic heterocycles. The number of esters is 1. The molecule has 2 aromatic rings. The van der Waals surface area contributed by atoms with Crippen molar-refractivity contribution in [1.82, 2.24) is 14.6 Å². The number of nitrogens with one attached hydrogen (secondary N) is 1. The van der Waals surface area contributed by atoms with Gasteiger partial charge in [0.05, 0.1) is 17.9 Å². The molecule has 2 heterocycles. The average molecular weight is 320 g/mol. The predicted octanol–water partition coefficient (Wildman–Crippen LogP) is 2.56. The maximum Gasteiger partial charge on any atom is 0.412 e. The van der Waals surface area contributed by atoms with E-state index in [0.29, 0.717) is 17.2 Å². The van der Waals surface area contributed by atoms with Crippen LogP contribution in [0.4, 0.5) is 10.5 Å². The lowest BCUT2D eigenvalue weighted by molar-refractivity contribution is 0.0524. The molecule has 2 rings (SSSR count). The number of aryl methyl sites for hydroxylation is 1. The number of pyridine rings is 1. The molecule has 0 unspecified atom stereocenters. The predicted molar refractivity (Wildman–Crippen MR) is 83.5 cm³/mol. The van der Waals surface area contributed by atoms with Gasteiger partial charge in [0.25, 0.3) is 0 Å². The smallest absolute Gasteiger partial charge is 0.412 e. The normalized spacial score (nSPS) is 11.3. The Kier molecular flexibility index (Phi) is 4.53. The molecule has 124 valence electrons. The van der Waals surface area contributed by atoms with Crippen molar-refractivity contribution in [1.29, 1.82) is 0 Å². The van der Waals surface area contributed by atoms with Crippen LogP contribution in [-0.4, -0.2) is 38.9 Å². The Hall–Kier alpha value is -2.64. The zero-order chi connectivity index (χ0) is 17.2. The highest BCUT2D eigenvalue weighted by Gasteiger charge is 2.19. The molecule has 0 radical (unpaired) electrons. The van der Waals surface area contributed by atoms with Crippen LogP contribution in [0, 0.1) is 6.92 Å². The number of hydrogen-bond acceptors (Lipinski definition) is 6. The molecule has 1 N–H and O–H groups in total. The number of carbonyl (C=O) groups excluding carboxylic acids is 2. The summed E-state index contributed by atoms with van der Waals surface area (Å²) in [6.07, 6.45) is 0.870. The zero-order valence-electron chi connectivity index (χ0n) is 13.8. The van der Waals surface area contributed by atoms with Crippen molar-refractivity contribution >= 4 is 23.4 Å². The Bertz CT molecular complexity index is 746. The quantitative estimate of drug-likeness (QED) is 0.873. The summed E-state index contributed by atoms with van der Waals surface area (Å²) in [5, 5.41) is 6.76. The van der Waals surface area contributed by atoms with E-state index < -0.39 is 17.7 Å². The first-order valence-electron chi connectivity index (χ1n) is 7.24. The fourth-order valence-electron chi connectivity index (χ4n) is 1.92. The van der Waals surface area contributed by atoms with E-state index in [4.69, 9.17) is 9.47 Å². The minimum atomic E-state index is -0.638. The molecule has 0 aliphatic rings. The van der Waals surface area contributed by atoms with E-state index in [2.05, 4.69) is 15.4 Å². The van der Waals surface area contributed by atoms with Gasteiger partial charge in [0.1, 0.15) is 11.4 Å². The summed E-state index contributed by atoms with van der Waals surface area (Å²) >= 11 is 0. The molecule has 0 aliphatic carbocycles. The molecule has 0 fully saturated rings. The standard InChI is InChI=1S/C15H20N4O4/c1-6-22-13(20)10-7-11(17-14(21)23-15(3,4)5)12-16-9(2)18-19(12)8-10/h7-8H,6H2,1-5H3,(H,17,21). The van der Waals surface area contributed by atoms with Gasteiger partial charge in [-0.1, -0.05) is 0 Å². The van der Waals surface area contributed by atoms with Crippen molar-refractivity contribution in [2.75, 3.05) is 11.9 Å². The van der Waals surface area contributed by atoms with Crippen molar-refractivity contribution in [2.24, 2.45) is 0 Å². The van der Waals surface area contributed by atoms with Crippen LogP contribution < -0.4 is 5.32 Å². The molecule has 0 saturated carbocycles. The number of anilines is 1. The van der Waals surface area contributed by atoms with Gasteiger partial charge in [0.2, 0.25) is 0 Å². The molecule has 0 saturated heterocycles. The van der Waals surface area contributed by atoms with Crippen molar-refractivity contribution in [2.45, 2.75) is 40.2 Å². The zero-order valence-corrected chi connectivity index (χ0v) is 13.8. The van der Waals surface area contributed by atoms with E-state index in [-0.39, 0.29) is 12.2 Å². The number of aromatic nitrogens is 3. The Morgan fingerprint density at radius 3 is 2.65 bits per heavy atom. The van der Waals surface area contributed by atoms with Crippen LogP contribution in [0.5, 0.6) is 0 Å². The molecule has 0 bridgehead atoms. The van der Waals surface area contributed by atoms with E-state index in [0.717, 1.165) is 0 Å². The third-order valence-electron chi connectivity index (χ3n) is 2.69. The molecule has 1 amide bonds. The molecule has 0 atom stereocenters. The minimum absolute atomic E-state index is 0.252. The van der Waals surface area contributed by atoms with Crippen LogP contribution in [0.25, 0.3) is 5.65 Å². The second-order valence-electron chi connectivity index (χ2n) is 5.92. The third-order valence-corrected chi connectivity index (χ3v) is 2.69. The van der Waals surface area contributed by atoms with Crippen LogP contribution in [-0.2, 0) is 9.47 Å². The van der Waals surface area contributed by atoms with E-state index >= 15 is 0 Å². The lowest BCUT2D eigenvalue weighted by atomic mass is 10.2. The highest BCUT2D eigenvalue weighted by atomic mass is 16.6. The number of amides is 1. The summed E-state index contributed by atoms with van der Waals surface area (Å²) in [6, 6.07) is 1.49. The second kappa shape index (κ2) is 6.23. The first kappa shape index (κ1) is 16.7. The SMILES string of the molecule is CCOC(=O)c1cc(NC(=O)OC(C)(C)C)c2nc(C)nn2c1. The minimum Gasteiger partial charge on any atom is -0.462 e. The summed E-state index contributed by atoms with van der Waals surface area (Å²) in [6.45, 7) is 8.97. The number of hydrogen-bond donors (Lipinski definition) is 1. The van der Waals surface area contributed by atoms with Crippen molar-refractivity contribution in [3.8, 4) is 0 Å². The fourth-order valence-corrected chi connectivity index (χ4v) is 1.92. The van der Waals surface area contributed by atoms with Crippen LogP contribution in [0.1, 0.15) is 43.9 Å². The summed E-state index contributed by atoms with van der Waals surface area (Å²) in [7, 11) is 0. The Balaban J connectivity index is 2.40. The summed E-state index contributed by atoms with van der Waals surface area (Å²) < 4.78 is 11.6. The molecule has 23 heavy (non-hydrogen) atoms. The lowest BCUT2D eigenvalue weighted by Gasteiger charge is -2.19. The fraction of sp³-hybridized carbons (Fsp3) is 0.467. The Morgan fingerprint density at radius 1 is 1.35 bits per heavy atom. The summed E-state index contributed by atoms with van der Waals surface area (Å²) in [4.78, 5) is 28.2. The van der Waals surface area contributed by atoms with Crippen molar-refractivity contribution in [3.05, 3.63) is 23.7 Å². The van der Waals surface area contributed by atoms with Gasteiger partial charge in [-0.05, 0) is 40.7 Å². The maximum atomic E-state index is 12.0. The van der Waals surface area contributed by atoms with Gasteiger partial charge in [-0.3, -0.25) is 5.32 Å². The number of fused-ring (bicyclic) bond motifs is 1. The van der Waals surface area contributed by atoms with Crippen LogP contribution >= 0.6 is 0 Å². The van der Waals surface area contributed by atoms with Gasteiger partial charge in [-0.2, -0.15) is 5.10 Å². The first-order chi connectivity index (χ1) is 10.7. The number of rotatable bonds is 3. The van der Waals surface area contributed by atoms with Crippen LogP contribution in [0.3, 0.4) is 0 Å². The Morgan fingerprint density at radius 2 is 2.04 bits per heavy atom. The Labute approximate surface area is 133 Å². The van der Waals surface area contributed by atoms with E-state index in [1.165, 1.54) is 16.8 Å². The monoisotopic (exact) mass is 320 g/mol. The first-order valence-corrected chi connectivity index (χ1v) is 7.24. The molecule has 8 nitrogen and oxygen atoms in total. The highest BCUT2D eigenvalue weighted by molar-refractivity contribution is 5.95. The lowest BCUT2D eigenvalue weighted by Crippen LogP contribution is -2.27. The summed E-state index contributed by atoms with van der Waals surface area (Å²) in [5.74, 6) is 0.00744. The molecule has 2 aromatic heterocycles. The van der Waals surface area contributed by atoms with E-state index in [1.54, 1.807) is 34.6 Å². The molecule has 0 spiro atoms. The van der Waals surface area contributed by atoms with Gasteiger partial charge in [-0.15, -0.1) is 0 Å². The molecule has 0 aromatic carbocycles. The number of ether oxygens (including phenoxy) is 2. The van der Waals surface area contributed by atoms with Crippen molar-refractivity contribution in [3.63, 3.8) is 0 Å². The topological polar surface area (TPSA) is 94.8 Å². The van der Waals surface area contributed by atoms with E-state index in [9.17, 15) is 9.59 Å². The van der Waals surface area contributed by atoms with Gasteiger partial charge < -0.3 is 9.47 Å². The van der Waals surface area contributed by atoms with E-state index in [1.807, 2.05) is 0 Å². The molecular formula is C15H20N4O4. The van der Waals surface area contributed by atoms with Crippen LogP contribution in [0.2, 0.25) is 0 Å². The highest BCUT2D eigenvalue weighted by Crippen LogP contribution is 2.20. The third kappa shape index (κ3) is 4.18. The number of carbonyl (C=O) groups is 2. The number of nitrogens with zero attached hydrogens (tertiary/aromatic N) is 3. The van der Waals surface area contributed by atoms with Crippen molar-refractivity contribution < 1.29 is 19.1 Å². The molecule has 8 heteroatoms.